The van der Waals surface area contributed by atoms with Gasteiger partial charge in [-0.15, -0.1) is 0 Å². The SMILES string of the molecule is CCC(C)(C)c1ccc(OC[C@H](O)CN2CCN(C(=O)c3ccccc3)CC2)c(C(C)(C)CC)c1. The summed E-state index contributed by atoms with van der Waals surface area (Å²) in [6, 6.07) is 16.0. The predicted molar refractivity (Wildman–Crippen MR) is 143 cm³/mol. The fourth-order valence-corrected chi connectivity index (χ4v) is 4.43. The number of ether oxygens (including phenoxy) is 1. The van der Waals surface area contributed by atoms with Crippen LogP contribution in [0.3, 0.4) is 0 Å². The van der Waals surface area contributed by atoms with E-state index in [1.165, 1.54) is 11.1 Å². The Morgan fingerprint density at radius 1 is 0.943 bits per heavy atom. The maximum Gasteiger partial charge on any atom is 0.253 e. The van der Waals surface area contributed by atoms with Crippen molar-refractivity contribution in [3.8, 4) is 5.75 Å². The number of nitrogens with zero attached hydrogens (tertiary/aromatic N) is 2. The first kappa shape index (κ1) is 27.2. The molecular formula is C30H44N2O3. The van der Waals surface area contributed by atoms with Crippen LogP contribution >= 0.6 is 0 Å². The molecular weight excluding hydrogens is 436 g/mol. The molecule has 5 heteroatoms. The Labute approximate surface area is 212 Å². The fraction of sp³-hybridized carbons (Fsp3) is 0.567. The van der Waals surface area contributed by atoms with Crippen molar-refractivity contribution < 1.29 is 14.6 Å². The molecule has 1 fully saturated rings. The molecule has 0 unspecified atom stereocenters. The zero-order valence-electron chi connectivity index (χ0n) is 22.5. The van der Waals surface area contributed by atoms with E-state index in [-0.39, 0.29) is 23.3 Å². The average Bonchev–Trinajstić information content (AvgIpc) is 2.87. The summed E-state index contributed by atoms with van der Waals surface area (Å²) in [5.41, 5.74) is 3.36. The minimum atomic E-state index is -0.587. The minimum Gasteiger partial charge on any atom is -0.491 e. The van der Waals surface area contributed by atoms with Gasteiger partial charge in [-0.25, -0.2) is 0 Å². The number of carbonyl (C=O) groups excluding carboxylic acids is 1. The molecule has 35 heavy (non-hydrogen) atoms. The van der Waals surface area contributed by atoms with Crippen molar-refractivity contribution in [2.75, 3.05) is 39.3 Å². The third-order valence-electron chi connectivity index (χ3n) is 7.84. The molecule has 0 spiro atoms. The van der Waals surface area contributed by atoms with Gasteiger partial charge in [0, 0.05) is 43.9 Å². The van der Waals surface area contributed by atoms with Crippen LogP contribution < -0.4 is 4.74 Å². The van der Waals surface area contributed by atoms with Gasteiger partial charge in [0.1, 0.15) is 18.5 Å². The Bertz CT molecular complexity index is 963. The molecule has 3 rings (SSSR count). The van der Waals surface area contributed by atoms with Crippen molar-refractivity contribution in [3.05, 3.63) is 65.2 Å². The van der Waals surface area contributed by atoms with Crippen molar-refractivity contribution in [1.29, 1.82) is 0 Å². The van der Waals surface area contributed by atoms with Crippen LogP contribution in [0.4, 0.5) is 0 Å². The van der Waals surface area contributed by atoms with Gasteiger partial charge in [0.25, 0.3) is 5.91 Å². The molecule has 1 N–H and O–H groups in total. The number of β-amino-alcohol motifs (C(OH)–C–C–N with tert-alkyl or cyclic N) is 1. The Kier molecular flexibility index (Phi) is 9.00. The first-order valence-electron chi connectivity index (χ1n) is 13.1. The molecule has 0 radical (unpaired) electrons. The maximum absolute atomic E-state index is 12.7. The van der Waals surface area contributed by atoms with Gasteiger partial charge in [-0.2, -0.15) is 0 Å². The van der Waals surface area contributed by atoms with Gasteiger partial charge in [-0.05, 0) is 47.4 Å². The highest BCUT2D eigenvalue weighted by Gasteiger charge is 2.28. The highest BCUT2D eigenvalue weighted by Crippen LogP contribution is 2.38. The van der Waals surface area contributed by atoms with E-state index in [2.05, 4.69) is 64.6 Å². The van der Waals surface area contributed by atoms with Crippen molar-refractivity contribution in [2.45, 2.75) is 71.3 Å². The number of benzene rings is 2. The standard InChI is InChI=1S/C30H44N2O3/c1-7-29(3,4)24-14-15-27(26(20-24)30(5,6)8-2)35-22-25(33)21-31-16-18-32(19-17-31)28(34)23-12-10-9-11-13-23/h9-15,20,25,33H,7-8,16-19,21-22H2,1-6H3/t25-/m1/s1. The zero-order chi connectivity index (χ0) is 25.6. The number of rotatable bonds is 10. The predicted octanol–water partition coefficient (Wildman–Crippen LogP) is 5.26. The van der Waals surface area contributed by atoms with E-state index in [4.69, 9.17) is 4.74 Å². The molecule has 0 saturated carbocycles. The summed E-state index contributed by atoms with van der Waals surface area (Å²) in [6.45, 7) is 17.2. The monoisotopic (exact) mass is 480 g/mol. The van der Waals surface area contributed by atoms with Crippen LogP contribution in [0.25, 0.3) is 0 Å². The minimum absolute atomic E-state index is 0.0122. The quantitative estimate of drug-likeness (QED) is 0.504. The molecule has 2 aromatic rings. The molecule has 1 aliphatic heterocycles. The van der Waals surface area contributed by atoms with Crippen molar-refractivity contribution in [1.82, 2.24) is 9.80 Å². The highest BCUT2D eigenvalue weighted by molar-refractivity contribution is 5.94. The summed E-state index contributed by atoms with van der Waals surface area (Å²) in [6.07, 6.45) is 1.49. The lowest BCUT2D eigenvalue weighted by molar-refractivity contribution is 0.0400. The average molecular weight is 481 g/mol. The van der Waals surface area contributed by atoms with Crippen LogP contribution in [0, 0.1) is 0 Å². The van der Waals surface area contributed by atoms with Gasteiger partial charge in [0.2, 0.25) is 0 Å². The molecule has 5 nitrogen and oxygen atoms in total. The zero-order valence-corrected chi connectivity index (χ0v) is 22.5. The summed E-state index contributed by atoms with van der Waals surface area (Å²) in [5.74, 6) is 0.944. The molecule has 0 aromatic heterocycles. The van der Waals surface area contributed by atoms with Crippen LogP contribution in [0.1, 0.15) is 75.9 Å². The van der Waals surface area contributed by atoms with Crippen LogP contribution in [0.5, 0.6) is 5.75 Å². The van der Waals surface area contributed by atoms with Gasteiger partial charge in [-0.3, -0.25) is 9.69 Å². The van der Waals surface area contributed by atoms with Gasteiger partial charge < -0.3 is 14.7 Å². The number of piperazine rings is 1. The first-order chi connectivity index (χ1) is 16.6. The molecule has 1 aliphatic rings. The van der Waals surface area contributed by atoms with Gasteiger partial charge in [-0.1, -0.05) is 71.9 Å². The molecule has 192 valence electrons. The van der Waals surface area contributed by atoms with E-state index in [0.717, 1.165) is 37.2 Å². The number of carbonyl (C=O) groups is 1. The Hall–Kier alpha value is -2.37. The fourth-order valence-electron chi connectivity index (χ4n) is 4.43. The molecule has 1 saturated heterocycles. The second kappa shape index (κ2) is 11.6. The third kappa shape index (κ3) is 6.86. The summed E-state index contributed by atoms with van der Waals surface area (Å²) in [4.78, 5) is 16.8. The lowest BCUT2D eigenvalue weighted by Gasteiger charge is -2.35. The second-order valence-corrected chi connectivity index (χ2v) is 11.1. The van der Waals surface area contributed by atoms with Crippen LogP contribution in [-0.2, 0) is 10.8 Å². The Morgan fingerprint density at radius 3 is 2.17 bits per heavy atom. The molecule has 0 aliphatic carbocycles. The molecule has 1 atom stereocenters. The van der Waals surface area contributed by atoms with Gasteiger partial charge >= 0.3 is 0 Å². The molecule has 2 aromatic carbocycles. The second-order valence-electron chi connectivity index (χ2n) is 11.1. The van der Waals surface area contributed by atoms with E-state index < -0.39 is 6.10 Å². The first-order valence-corrected chi connectivity index (χ1v) is 13.1. The smallest absolute Gasteiger partial charge is 0.253 e. The van der Waals surface area contributed by atoms with E-state index in [0.29, 0.717) is 19.6 Å². The largest absolute Gasteiger partial charge is 0.491 e. The summed E-state index contributed by atoms with van der Waals surface area (Å²) in [7, 11) is 0. The highest BCUT2D eigenvalue weighted by atomic mass is 16.5. The van der Waals surface area contributed by atoms with E-state index in [9.17, 15) is 9.90 Å². The Balaban J connectivity index is 1.57. The number of aliphatic hydroxyl groups is 1. The van der Waals surface area contributed by atoms with E-state index in [1.54, 1.807) is 0 Å². The van der Waals surface area contributed by atoms with Crippen molar-refractivity contribution in [3.63, 3.8) is 0 Å². The molecule has 1 heterocycles. The topological polar surface area (TPSA) is 53.0 Å². The number of hydrogen-bond acceptors (Lipinski definition) is 4. The van der Waals surface area contributed by atoms with E-state index >= 15 is 0 Å². The number of aliphatic hydroxyl groups excluding tert-OH is 1. The summed E-state index contributed by atoms with van der Waals surface area (Å²) >= 11 is 0. The lowest BCUT2D eigenvalue weighted by Crippen LogP contribution is -2.51. The van der Waals surface area contributed by atoms with Gasteiger partial charge in [0.15, 0.2) is 0 Å². The number of amides is 1. The van der Waals surface area contributed by atoms with Crippen molar-refractivity contribution in [2.24, 2.45) is 0 Å². The maximum atomic E-state index is 12.7. The summed E-state index contributed by atoms with van der Waals surface area (Å²) in [5, 5.41) is 10.7. The molecule has 0 bridgehead atoms. The van der Waals surface area contributed by atoms with Crippen LogP contribution in [-0.4, -0.2) is 66.2 Å². The third-order valence-corrected chi connectivity index (χ3v) is 7.84. The van der Waals surface area contributed by atoms with Crippen molar-refractivity contribution >= 4 is 5.91 Å². The van der Waals surface area contributed by atoms with Gasteiger partial charge in [0.05, 0.1) is 0 Å². The normalized spacial score (nSPS) is 16.3. The van der Waals surface area contributed by atoms with E-state index in [1.807, 2.05) is 35.2 Å². The summed E-state index contributed by atoms with van der Waals surface area (Å²) < 4.78 is 6.21. The molecule has 1 amide bonds. The van der Waals surface area contributed by atoms with Crippen LogP contribution in [0.15, 0.2) is 48.5 Å². The lowest BCUT2D eigenvalue weighted by atomic mass is 9.76. The van der Waals surface area contributed by atoms with Crippen LogP contribution in [0.2, 0.25) is 0 Å². The Morgan fingerprint density at radius 2 is 1.57 bits per heavy atom. The number of hydrogen-bond donors (Lipinski definition) is 1.